The van der Waals surface area contributed by atoms with Gasteiger partial charge in [0.15, 0.2) is 0 Å². The molecule has 0 radical (unpaired) electrons. The van der Waals surface area contributed by atoms with Gasteiger partial charge in [-0.05, 0) is 58.2 Å². The summed E-state index contributed by atoms with van der Waals surface area (Å²) in [6.07, 6.45) is 2.07. The summed E-state index contributed by atoms with van der Waals surface area (Å²) >= 11 is 0. The van der Waals surface area contributed by atoms with Gasteiger partial charge in [0.1, 0.15) is 5.82 Å². The molecule has 0 aromatic heterocycles. The maximum Gasteiger partial charge on any atom is 0.469 e. The van der Waals surface area contributed by atoms with Crippen molar-refractivity contribution in [1.82, 2.24) is 0 Å². The fraction of sp³-hybridized carbons (Fsp3) is 0.600. The van der Waals surface area contributed by atoms with Gasteiger partial charge in [-0.3, -0.25) is 0 Å². The number of halogens is 1. The molecule has 102 valence electrons. The maximum atomic E-state index is 13.1. The summed E-state index contributed by atoms with van der Waals surface area (Å²) < 4.78 is 25.4. The fourth-order valence-corrected chi connectivity index (χ4v) is 2.65. The topological polar surface area (TPSA) is 18.5 Å². The third-order valence-electron chi connectivity index (χ3n) is 4.91. The van der Waals surface area contributed by atoms with Crippen LogP contribution in [0.25, 0.3) is 0 Å². The average molecular weight is 262 g/mol. The second-order valence-electron chi connectivity index (χ2n) is 6.75. The molecule has 2 aliphatic rings. The van der Waals surface area contributed by atoms with E-state index in [1.54, 1.807) is 0 Å². The van der Waals surface area contributed by atoms with Crippen molar-refractivity contribution >= 4 is 7.12 Å². The predicted molar refractivity (Wildman–Crippen MR) is 73.4 cm³/mol. The van der Waals surface area contributed by atoms with E-state index in [0.29, 0.717) is 0 Å². The zero-order chi connectivity index (χ0) is 13.9. The normalized spacial score (nSPS) is 26.5. The van der Waals surface area contributed by atoms with E-state index < -0.39 is 0 Å². The molecule has 0 unspecified atom stereocenters. The summed E-state index contributed by atoms with van der Waals surface area (Å²) in [5.41, 5.74) is 0.494. The van der Waals surface area contributed by atoms with Gasteiger partial charge in [-0.25, -0.2) is 4.39 Å². The van der Waals surface area contributed by atoms with Crippen LogP contribution in [0.3, 0.4) is 0 Å². The Morgan fingerprint density at radius 2 is 1.42 bits per heavy atom. The van der Waals surface area contributed by atoms with Crippen LogP contribution in [0, 0.1) is 5.82 Å². The molecule has 1 aliphatic heterocycles. The lowest BCUT2D eigenvalue weighted by atomic mass is 9.64. The van der Waals surface area contributed by atoms with Crippen LogP contribution in [-0.4, -0.2) is 18.3 Å². The molecule has 0 N–H and O–H groups in total. The predicted octanol–water partition coefficient (Wildman–Crippen LogP) is 3.49. The van der Waals surface area contributed by atoms with Crippen LogP contribution in [0.1, 0.15) is 46.1 Å². The van der Waals surface area contributed by atoms with Crippen molar-refractivity contribution in [3.63, 3.8) is 0 Å². The molecule has 19 heavy (non-hydrogen) atoms. The average Bonchev–Trinajstić information content (AvgIpc) is 3.05. The van der Waals surface area contributed by atoms with Crippen molar-refractivity contribution in [1.29, 1.82) is 0 Å². The van der Waals surface area contributed by atoms with Gasteiger partial charge in [0.25, 0.3) is 0 Å². The second kappa shape index (κ2) is 3.83. The molecule has 3 rings (SSSR count). The summed E-state index contributed by atoms with van der Waals surface area (Å²) in [7, 11) is -0.233. The Labute approximate surface area is 114 Å². The molecule has 4 heteroatoms. The summed E-state index contributed by atoms with van der Waals surface area (Å²) in [5.74, 6) is -0.200. The van der Waals surface area contributed by atoms with Gasteiger partial charge >= 0.3 is 7.12 Å². The van der Waals surface area contributed by atoms with Crippen LogP contribution >= 0.6 is 0 Å². The Balaban J connectivity index is 1.89. The SMILES string of the molecule is CC1(C)OB(C2(c3ccc(F)cc3)CC2)OC1(C)C. The summed E-state index contributed by atoms with van der Waals surface area (Å²) in [6.45, 7) is 8.25. The first-order chi connectivity index (χ1) is 8.77. The highest BCUT2D eigenvalue weighted by Crippen LogP contribution is 2.55. The van der Waals surface area contributed by atoms with Gasteiger partial charge in [0.2, 0.25) is 0 Å². The van der Waals surface area contributed by atoms with Crippen LogP contribution in [0.2, 0.25) is 0 Å². The molecule has 0 bridgehead atoms. The zero-order valence-corrected chi connectivity index (χ0v) is 12.0. The Kier molecular flexibility index (Phi) is 2.65. The highest BCUT2D eigenvalue weighted by Gasteiger charge is 2.64. The van der Waals surface area contributed by atoms with Gasteiger partial charge in [-0.2, -0.15) is 0 Å². The lowest BCUT2D eigenvalue weighted by Gasteiger charge is -2.32. The number of hydrogen-bond donors (Lipinski definition) is 0. The smallest absolute Gasteiger partial charge is 0.403 e. The Morgan fingerprint density at radius 3 is 1.84 bits per heavy atom. The highest BCUT2D eigenvalue weighted by atomic mass is 19.1. The van der Waals surface area contributed by atoms with Gasteiger partial charge in [-0.1, -0.05) is 12.1 Å². The number of benzene rings is 1. The lowest BCUT2D eigenvalue weighted by molar-refractivity contribution is 0.00578. The van der Waals surface area contributed by atoms with Gasteiger partial charge in [0, 0.05) is 5.31 Å². The molecule has 1 aromatic rings. The van der Waals surface area contributed by atoms with E-state index in [9.17, 15) is 4.39 Å². The standard InChI is InChI=1S/C15H20BFO2/c1-13(2)14(3,4)19-16(18-13)15(9-10-15)11-5-7-12(17)8-6-11/h5-8H,9-10H2,1-4H3. The molecule has 2 fully saturated rings. The van der Waals surface area contributed by atoms with Gasteiger partial charge in [0.05, 0.1) is 11.2 Å². The molecule has 0 spiro atoms. The quantitative estimate of drug-likeness (QED) is 0.759. The Morgan fingerprint density at radius 1 is 0.947 bits per heavy atom. The summed E-state index contributed by atoms with van der Waals surface area (Å²) in [4.78, 5) is 0. The van der Waals surface area contributed by atoms with Crippen molar-refractivity contribution in [2.45, 2.75) is 57.1 Å². The van der Waals surface area contributed by atoms with Gasteiger partial charge < -0.3 is 9.31 Å². The molecule has 1 saturated heterocycles. The molecule has 1 aromatic carbocycles. The zero-order valence-electron chi connectivity index (χ0n) is 12.0. The van der Waals surface area contributed by atoms with Crippen LogP contribution in [0.5, 0.6) is 0 Å². The Bertz CT molecular complexity index is 475. The van der Waals surface area contributed by atoms with Crippen molar-refractivity contribution in [3.8, 4) is 0 Å². The van der Waals surface area contributed by atoms with Gasteiger partial charge in [-0.15, -0.1) is 0 Å². The molecule has 1 aliphatic carbocycles. The van der Waals surface area contributed by atoms with E-state index in [1.807, 2.05) is 12.1 Å². The largest absolute Gasteiger partial charge is 0.469 e. The van der Waals surface area contributed by atoms with E-state index in [0.717, 1.165) is 18.4 Å². The van der Waals surface area contributed by atoms with Crippen molar-refractivity contribution in [3.05, 3.63) is 35.6 Å². The molecule has 1 saturated carbocycles. The van der Waals surface area contributed by atoms with E-state index in [4.69, 9.17) is 9.31 Å². The summed E-state index contributed by atoms with van der Waals surface area (Å²) in [5, 5.41) is -0.0846. The van der Waals surface area contributed by atoms with Crippen LogP contribution in [0.15, 0.2) is 24.3 Å². The highest BCUT2D eigenvalue weighted by molar-refractivity contribution is 6.51. The van der Waals surface area contributed by atoms with Crippen molar-refractivity contribution in [2.75, 3.05) is 0 Å². The molecule has 0 atom stereocenters. The monoisotopic (exact) mass is 262 g/mol. The minimum atomic E-state index is -0.312. The Hall–Kier alpha value is -0.865. The minimum Gasteiger partial charge on any atom is -0.403 e. The van der Waals surface area contributed by atoms with Crippen molar-refractivity contribution in [2.24, 2.45) is 0 Å². The first kappa shape index (κ1) is 13.1. The third kappa shape index (κ3) is 1.93. The molecule has 2 nitrogen and oxygen atoms in total. The van der Waals surface area contributed by atoms with E-state index in [2.05, 4.69) is 27.7 Å². The molecular formula is C15H20BFO2. The summed E-state index contributed by atoms with van der Waals surface area (Å²) in [6, 6.07) is 6.74. The number of rotatable bonds is 2. The van der Waals surface area contributed by atoms with Crippen LogP contribution in [-0.2, 0) is 14.6 Å². The number of hydrogen-bond acceptors (Lipinski definition) is 2. The lowest BCUT2D eigenvalue weighted by Crippen LogP contribution is -2.41. The maximum absolute atomic E-state index is 13.1. The minimum absolute atomic E-state index is 0.0846. The molecular weight excluding hydrogens is 242 g/mol. The first-order valence-electron chi connectivity index (χ1n) is 6.89. The van der Waals surface area contributed by atoms with E-state index in [-0.39, 0.29) is 29.5 Å². The molecule has 0 amide bonds. The van der Waals surface area contributed by atoms with E-state index in [1.165, 1.54) is 12.1 Å². The van der Waals surface area contributed by atoms with E-state index >= 15 is 0 Å². The van der Waals surface area contributed by atoms with Crippen molar-refractivity contribution < 1.29 is 13.7 Å². The third-order valence-corrected chi connectivity index (χ3v) is 4.91. The fourth-order valence-electron chi connectivity index (χ4n) is 2.65. The van der Waals surface area contributed by atoms with Crippen LogP contribution < -0.4 is 0 Å². The first-order valence-corrected chi connectivity index (χ1v) is 6.89. The molecule has 1 heterocycles. The van der Waals surface area contributed by atoms with Crippen LogP contribution in [0.4, 0.5) is 4.39 Å². The second-order valence-corrected chi connectivity index (χ2v) is 6.75.